The average molecular weight is 423 g/mol. The molecule has 29 heavy (non-hydrogen) atoms. The second-order valence-corrected chi connectivity index (χ2v) is 7.47. The fourth-order valence-corrected chi connectivity index (χ4v) is 4.32. The summed E-state index contributed by atoms with van der Waals surface area (Å²) in [7, 11) is 1.55. The monoisotopic (exact) mass is 423 g/mol. The summed E-state index contributed by atoms with van der Waals surface area (Å²) in [6.07, 6.45) is 0.585. The van der Waals surface area contributed by atoms with Crippen LogP contribution in [0.4, 0.5) is 27.6 Å². The first-order chi connectivity index (χ1) is 13.9. The van der Waals surface area contributed by atoms with Gasteiger partial charge in [0.2, 0.25) is 5.82 Å². The van der Waals surface area contributed by atoms with Gasteiger partial charge in [-0.25, -0.2) is 22.0 Å². The van der Waals surface area contributed by atoms with Crippen LogP contribution < -0.4 is 9.04 Å². The fourth-order valence-electron chi connectivity index (χ4n) is 3.32. The maximum absolute atomic E-state index is 14.4. The molecule has 4 rings (SSSR count). The Labute approximate surface area is 168 Å². The number of hydrogen-bond acceptors (Lipinski definition) is 3. The minimum Gasteiger partial charge on any atom is -0.497 e. The summed E-state index contributed by atoms with van der Waals surface area (Å²) < 4.78 is 76.8. The van der Waals surface area contributed by atoms with Crippen molar-refractivity contribution in [1.82, 2.24) is 0 Å². The van der Waals surface area contributed by atoms with Gasteiger partial charge in [-0.05, 0) is 48.2 Å². The van der Waals surface area contributed by atoms with Crippen molar-refractivity contribution in [3.63, 3.8) is 0 Å². The van der Waals surface area contributed by atoms with E-state index in [1.807, 2.05) is 12.1 Å². The van der Waals surface area contributed by atoms with E-state index >= 15 is 0 Å². The number of rotatable bonds is 4. The molecule has 0 unspecified atom stereocenters. The number of nitrogens with zero attached hydrogens (tertiary/aromatic N) is 1. The highest BCUT2D eigenvalue weighted by atomic mass is 32.2. The number of fused-ring (bicyclic) bond motifs is 1. The quantitative estimate of drug-likeness (QED) is 0.217. The Morgan fingerprint density at radius 3 is 2.07 bits per heavy atom. The molecule has 0 fully saturated rings. The normalized spacial score (nSPS) is 13.0. The summed E-state index contributed by atoms with van der Waals surface area (Å²) in [6.45, 7) is 0.526. The van der Waals surface area contributed by atoms with Gasteiger partial charge in [0.05, 0.1) is 18.4 Å². The van der Waals surface area contributed by atoms with Gasteiger partial charge in [-0.2, -0.15) is 0 Å². The van der Waals surface area contributed by atoms with Crippen LogP contribution in [0.3, 0.4) is 0 Å². The zero-order valence-corrected chi connectivity index (χ0v) is 15.9. The maximum atomic E-state index is 14.4. The lowest BCUT2D eigenvalue weighted by Gasteiger charge is -2.22. The van der Waals surface area contributed by atoms with Gasteiger partial charge in [0.15, 0.2) is 23.3 Å². The van der Waals surface area contributed by atoms with E-state index in [9.17, 15) is 22.0 Å². The Bertz CT molecular complexity index is 1060. The Morgan fingerprint density at radius 2 is 1.45 bits per heavy atom. The van der Waals surface area contributed by atoms with Crippen molar-refractivity contribution in [2.75, 3.05) is 18.0 Å². The van der Waals surface area contributed by atoms with E-state index in [1.54, 1.807) is 35.7 Å². The van der Waals surface area contributed by atoms with Gasteiger partial charge in [0, 0.05) is 17.0 Å². The predicted octanol–water partition coefficient (Wildman–Crippen LogP) is 6.13. The minimum absolute atomic E-state index is 0.0335. The first-order valence-corrected chi connectivity index (χ1v) is 9.43. The number of anilines is 1. The van der Waals surface area contributed by atoms with Crippen molar-refractivity contribution in [3.05, 3.63) is 77.1 Å². The van der Waals surface area contributed by atoms with Crippen molar-refractivity contribution < 1.29 is 26.7 Å². The molecule has 0 aromatic heterocycles. The van der Waals surface area contributed by atoms with E-state index in [-0.39, 0.29) is 5.56 Å². The van der Waals surface area contributed by atoms with Crippen molar-refractivity contribution >= 4 is 17.6 Å². The second kappa shape index (κ2) is 7.59. The van der Waals surface area contributed by atoms with Crippen molar-refractivity contribution in [3.8, 4) is 16.9 Å². The summed E-state index contributed by atoms with van der Waals surface area (Å²) in [5.74, 6) is -9.07. The summed E-state index contributed by atoms with van der Waals surface area (Å²) in [5.41, 5.74) is 0.262. The summed E-state index contributed by atoms with van der Waals surface area (Å²) >= 11 is 1.32. The van der Waals surface area contributed by atoms with Gasteiger partial charge in [-0.1, -0.05) is 18.2 Å². The Kier molecular flexibility index (Phi) is 5.12. The van der Waals surface area contributed by atoms with Crippen LogP contribution in [0.5, 0.6) is 5.75 Å². The lowest BCUT2D eigenvalue weighted by molar-refractivity contribution is 0.381. The lowest BCUT2D eigenvalue weighted by Crippen LogP contribution is -2.12. The molecule has 0 spiro atoms. The van der Waals surface area contributed by atoms with E-state index in [2.05, 4.69) is 0 Å². The number of para-hydroxylation sites is 1. The topological polar surface area (TPSA) is 12.5 Å². The minimum atomic E-state index is -2.17. The molecule has 3 aromatic carbocycles. The zero-order chi connectivity index (χ0) is 20.7. The Morgan fingerprint density at radius 1 is 0.828 bits per heavy atom. The molecule has 1 aliphatic rings. The number of halogens is 5. The highest BCUT2D eigenvalue weighted by molar-refractivity contribution is 8.00. The van der Waals surface area contributed by atoms with Gasteiger partial charge in [0.25, 0.3) is 0 Å². The molecule has 3 aromatic rings. The van der Waals surface area contributed by atoms with Crippen LogP contribution in [0.2, 0.25) is 0 Å². The molecule has 1 aliphatic heterocycles. The number of benzene rings is 3. The van der Waals surface area contributed by atoms with Crippen LogP contribution in [-0.4, -0.2) is 13.7 Å². The highest BCUT2D eigenvalue weighted by Crippen LogP contribution is 2.45. The number of ether oxygens (including phenoxy) is 1. The van der Waals surface area contributed by atoms with E-state index in [0.717, 1.165) is 10.5 Å². The molecule has 0 radical (unpaired) electrons. The third-order valence-corrected chi connectivity index (χ3v) is 5.78. The van der Waals surface area contributed by atoms with E-state index in [4.69, 9.17) is 4.74 Å². The molecule has 0 saturated heterocycles. The van der Waals surface area contributed by atoms with Gasteiger partial charge in [0.1, 0.15) is 5.75 Å². The van der Waals surface area contributed by atoms with Gasteiger partial charge in [-0.15, -0.1) is 0 Å². The molecule has 0 aliphatic carbocycles. The van der Waals surface area contributed by atoms with Crippen LogP contribution in [0, 0.1) is 29.1 Å². The molecular formula is C21H14F5NOS. The third kappa shape index (κ3) is 3.31. The molecule has 0 atom stereocenters. The van der Waals surface area contributed by atoms with E-state index in [0.29, 0.717) is 24.4 Å². The molecule has 0 bridgehead atoms. The zero-order valence-electron chi connectivity index (χ0n) is 15.1. The van der Waals surface area contributed by atoms with Gasteiger partial charge < -0.3 is 9.04 Å². The fraction of sp³-hybridized carbons (Fsp3) is 0.143. The summed E-state index contributed by atoms with van der Waals surface area (Å²) in [4.78, 5) is 0.839. The van der Waals surface area contributed by atoms with Gasteiger partial charge in [-0.3, -0.25) is 0 Å². The predicted molar refractivity (Wildman–Crippen MR) is 102 cm³/mol. The molecular weight excluding hydrogens is 409 g/mol. The highest BCUT2D eigenvalue weighted by Gasteiger charge is 2.31. The largest absolute Gasteiger partial charge is 0.497 e. The van der Waals surface area contributed by atoms with Crippen molar-refractivity contribution in [1.29, 1.82) is 0 Å². The van der Waals surface area contributed by atoms with E-state index < -0.39 is 34.6 Å². The first-order valence-electron chi connectivity index (χ1n) is 8.65. The Balaban J connectivity index is 1.81. The van der Waals surface area contributed by atoms with Gasteiger partial charge >= 0.3 is 0 Å². The molecule has 0 amide bonds. The van der Waals surface area contributed by atoms with Crippen LogP contribution in [-0.2, 0) is 6.42 Å². The lowest BCUT2D eigenvalue weighted by atomic mass is 9.99. The molecule has 1 heterocycles. The van der Waals surface area contributed by atoms with Crippen LogP contribution in [0.1, 0.15) is 5.56 Å². The number of hydrogen-bond donors (Lipinski definition) is 0. The maximum Gasteiger partial charge on any atom is 0.200 e. The van der Waals surface area contributed by atoms with E-state index in [1.165, 1.54) is 18.0 Å². The second-order valence-electron chi connectivity index (χ2n) is 6.38. The Hall–Kier alpha value is -2.74. The van der Waals surface area contributed by atoms with Crippen LogP contribution >= 0.6 is 11.9 Å². The number of methoxy groups -OCH3 is 1. The van der Waals surface area contributed by atoms with Crippen LogP contribution in [0.15, 0.2) is 47.4 Å². The van der Waals surface area contributed by atoms with Crippen molar-refractivity contribution in [2.24, 2.45) is 0 Å². The molecule has 8 heteroatoms. The smallest absolute Gasteiger partial charge is 0.200 e. The average Bonchev–Trinajstić information content (AvgIpc) is 3.15. The summed E-state index contributed by atoms with van der Waals surface area (Å²) in [6, 6.07) is 11.9. The summed E-state index contributed by atoms with van der Waals surface area (Å²) in [5, 5.41) is 0. The van der Waals surface area contributed by atoms with Crippen molar-refractivity contribution in [2.45, 2.75) is 11.3 Å². The first kappa shape index (κ1) is 19.6. The molecule has 0 N–H and O–H groups in total. The third-order valence-electron chi connectivity index (χ3n) is 4.71. The molecule has 150 valence electrons. The molecule has 2 nitrogen and oxygen atoms in total. The van der Waals surface area contributed by atoms with Crippen LogP contribution in [0.25, 0.3) is 11.1 Å². The SMILES string of the molecule is COc1ccc(SN2CCc3cccc(-c4c(F)c(F)c(F)c(F)c4F)c32)cc1. The standard InChI is InChI=1S/C21H14F5NOS/c1-28-12-5-7-13(8-6-12)29-27-10-9-11-3-2-4-14(21(11)27)15-16(22)18(24)20(26)19(25)17(15)23/h2-8H,9-10H2,1H3. The molecule has 0 saturated carbocycles.